The molecule has 1 unspecified atom stereocenters. The first-order valence-corrected chi connectivity index (χ1v) is 11.0. The van der Waals surface area contributed by atoms with E-state index in [0.29, 0.717) is 18.2 Å². The maximum atomic E-state index is 14.7. The van der Waals surface area contributed by atoms with Crippen molar-refractivity contribution in [3.05, 3.63) is 70.8 Å². The van der Waals surface area contributed by atoms with Crippen LogP contribution in [0.3, 0.4) is 0 Å². The normalized spacial score (nSPS) is 20.9. The van der Waals surface area contributed by atoms with Gasteiger partial charge < -0.3 is 10.4 Å². The van der Waals surface area contributed by atoms with Crippen LogP contribution in [0.5, 0.6) is 0 Å². The molecule has 3 heterocycles. The number of aryl methyl sites for hydroxylation is 1. The van der Waals surface area contributed by atoms with Crippen molar-refractivity contribution in [1.29, 1.82) is 0 Å². The number of halogens is 3. The number of nitrogens with zero attached hydrogens (tertiary/aromatic N) is 3. The van der Waals surface area contributed by atoms with E-state index >= 15 is 0 Å². The van der Waals surface area contributed by atoms with Crippen molar-refractivity contribution in [3.63, 3.8) is 0 Å². The van der Waals surface area contributed by atoms with Crippen LogP contribution in [0.4, 0.5) is 24.8 Å². The van der Waals surface area contributed by atoms with Gasteiger partial charge in [-0.3, -0.25) is 14.8 Å². The van der Waals surface area contributed by atoms with Crippen LogP contribution in [0.25, 0.3) is 0 Å². The zero-order chi connectivity index (χ0) is 24.5. The van der Waals surface area contributed by atoms with Gasteiger partial charge >= 0.3 is 5.97 Å². The first kappa shape index (κ1) is 23.7. The Kier molecular flexibility index (Phi) is 6.60. The van der Waals surface area contributed by atoms with E-state index in [9.17, 15) is 23.1 Å². The van der Waals surface area contributed by atoms with Crippen LogP contribution in [-0.4, -0.2) is 43.7 Å². The van der Waals surface area contributed by atoms with Gasteiger partial charge in [0, 0.05) is 36.3 Å². The van der Waals surface area contributed by atoms with Crippen LogP contribution in [-0.2, 0) is 17.8 Å². The molecule has 2 atom stereocenters. The van der Waals surface area contributed by atoms with Crippen LogP contribution < -0.4 is 5.32 Å². The summed E-state index contributed by atoms with van der Waals surface area (Å²) in [6, 6.07) is 8.27. The summed E-state index contributed by atoms with van der Waals surface area (Å²) in [6.07, 6.45) is 0.355. The third-order valence-electron chi connectivity index (χ3n) is 6.43. The second kappa shape index (κ2) is 9.46. The summed E-state index contributed by atoms with van der Waals surface area (Å²) >= 11 is 0. The maximum Gasteiger partial charge on any atom is 0.310 e. The summed E-state index contributed by atoms with van der Waals surface area (Å²) < 4.78 is 42.4. The first-order valence-electron chi connectivity index (χ1n) is 11.0. The van der Waals surface area contributed by atoms with Gasteiger partial charge in [-0.1, -0.05) is 12.1 Å². The molecule has 1 saturated heterocycles. The standard InChI is InChI=1S/C24H26F3N5O2/c1-14-10-21(31-30-14)29-20-7-6-17(25)19(28-20)12-24(23(33)34)8-9-32(15(2)11-24)13-16-4-3-5-18(26)22(16)27/h3-7,10,15H,8-9,11-13H2,1-2H3,(H,33,34)(H2,28,29,30,31)/t15-,24?/m1/s1. The number of piperidine rings is 1. The van der Waals surface area contributed by atoms with Crippen molar-refractivity contribution in [2.24, 2.45) is 5.41 Å². The summed E-state index contributed by atoms with van der Waals surface area (Å²) in [4.78, 5) is 18.6. The number of likely N-dealkylation sites (tertiary alicyclic amines) is 1. The van der Waals surface area contributed by atoms with Gasteiger partial charge in [0.2, 0.25) is 0 Å². The van der Waals surface area contributed by atoms with Gasteiger partial charge in [0.1, 0.15) is 11.6 Å². The van der Waals surface area contributed by atoms with Crippen molar-refractivity contribution >= 4 is 17.6 Å². The minimum atomic E-state index is -1.23. The largest absolute Gasteiger partial charge is 0.481 e. The summed E-state index contributed by atoms with van der Waals surface area (Å²) in [6.45, 7) is 4.19. The molecule has 0 bridgehead atoms. The Labute approximate surface area is 195 Å². The molecule has 1 aliphatic rings. The van der Waals surface area contributed by atoms with E-state index in [2.05, 4.69) is 20.5 Å². The smallest absolute Gasteiger partial charge is 0.310 e. The van der Waals surface area contributed by atoms with E-state index in [1.54, 1.807) is 6.07 Å². The second-order valence-corrected chi connectivity index (χ2v) is 8.94. The molecule has 1 aliphatic heterocycles. The Morgan fingerprint density at radius 3 is 2.71 bits per heavy atom. The van der Waals surface area contributed by atoms with Gasteiger partial charge in [-0.15, -0.1) is 0 Å². The number of carbonyl (C=O) groups is 1. The third kappa shape index (κ3) is 4.91. The van der Waals surface area contributed by atoms with E-state index in [1.165, 1.54) is 24.3 Å². The lowest BCUT2D eigenvalue weighted by Gasteiger charge is -2.43. The molecule has 0 amide bonds. The van der Waals surface area contributed by atoms with E-state index in [4.69, 9.17) is 0 Å². The van der Waals surface area contributed by atoms with Gasteiger partial charge in [0.15, 0.2) is 17.5 Å². The predicted octanol–water partition coefficient (Wildman–Crippen LogP) is 4.57. The lowest BCUT2D eigenvalue weighted by molar-refractivity contribution is -0.153. The molecule has 7 nitrogen and oxygen atoms in total. The molecule has 4 rings (SSSR count). The van der Waals surface area contributed by atoms with Gasteiger partial charge in [-0.2, -0.15) is 5.10 Å². The number of hydrogen-bond donors (Lipinski definition) is 3. The minimum Gasteiger partial charge on any atom is -0.481 e. The van der Waals surface area contributed by atoms with E-state index in [-0.39, 0.29) is 43.1 Å². The van der Waals surface area contributed by atoms with E-state index < -0.39 is 28.8 Å². The van der Waals surface area contributed by atoms with E-state index in [0.717, 1.165) is 11.8 Å². The Morgan fingerprint density at radius 1 is 1.24 bits per heavy atom. The number of aliphatic carboxylic acids is 1. The highest BCUT2D eigenvalue weighted by atomic mass is 19.2. The summed E-state index contributed by atoms with van der Waals surface area (Å²) in [5.41, 5.74) is -0.119. The highest BCUT2D eigenvalue weighted by molar-refractivity contribution is 5.75. The molecule has 0 spiro atoms. The molecule has 2 aromatic heterocycles. The second-order valence-electron chi connectivity index (χ2n) is 8.94. The summed E-state index contributed by atoms with van der Waals surface area (Å²) in [5.74, 6) is -2.55. The van der Waals surface area contributed by atoms with Gasteiger partial charge in [-0.25, -0.2) is 18.2 Å². The topological polar surface area (TPSA) is 94.1 Å². The molecule has 180 valence electrons. The zero-order valence-electron chi connectivity index (χ0n) is 18.9. The number of anilines is 2. The molecule has 10 heteroatoms. The average molecular weight is 473 g/mol. The highest BCUT2D eigenvalue weighted by Crippen LogP contribution is 2.39. The lowest BCUT2D eigenvalue weighted by atomic mass is 9.72. The number of pyridine rings is 1. The van der Waals surface area contributed by atoms with Crippen LogP contribution in [0.15, 0.2) is 36.4 Å². The van der Waals surface area contributed by atoms with Crippen molar-refractivity contribution < 1.29 is 23.1 Å². The molecular weight excluding hydrogens is 447 g/mol. The summed E-state index contributed by atoms with van der Waals surface area (Å²) in [5, 5.41) is 20.0. The van der Waals surface area contributed by atoms with Gasteiger partial charge in [0.05, 0.1) is 11.1 Å². The quantitative estimate of drug-likeness (QED) is 0.465. The SMILES string of the molecule is Cc1cc(Nc2ccc(F)c(CC3(C(=O)O)CCN(Cc4cccc(F)c4F)[C@H](C)C3)n2)n[nH]1. The number of nitrogens with one attached hydrogen (secondary N) is 2. The number of carboxylic acids is 1. The van der Waals surface area contributed by atoms with Crippen molar-refractivity contribution in [2.75, 3.05) is 11.9 Å². The van der Waals surface area contributed by atoms with Crippen LogP contribution in [0.1, 0.15) is 36.7 Å². The Hall–Kier alpha value is -3.40. The molecule has 0 saturated carbocycles. The fourth-order valence-corrected chi connectivity index (χ4v) is 4.54. The maximum absolute atomic E-state index is 14.7. The number of H-pyrrole nitrogens is 1. The Morgan fingerprint density at radius 2 is 2.03 bits per heavy atom. The van der Waals surface area contributed by atoms with Gasteiger partial charge in [0.25, 0.3) is 0 Å². The molecule has 1 aromatic carbocycles. The number of benzene rings is 1. The molecule has 0 aliphatic carbocycles. The number of aromatic nitrogens is 3. The fraction of sp³-hybridized carbons (Fsp3) is 0.375. The monoisotopic (exact) mass is 473 g/mol. The molecule has 0 radical (unpaired) electrons. The summed E-state index contributed by atoms with van der Waals surface area (Å²) in [7, 11) is 0. The van der Waals surface area contributed by atoms with Gasteiger partial charge in [-0.05, 0) is 51.4 Å². The number of aromatic amines is 1. The molecule has 3 N–H and O–H groups in total. The average Bonchev–Trinajstić information content (AvgIpc) is 3.20. The molecule has 3 aromatic rings. The van der Waals surface area contributed by atoms with Crippen molar-refractivity contribution in [1.82, 2.24) is 20.1 Å². The molecule has 34 heavy (non-hydrogen) atoms. The predicted molar refractivity (Wildman–Crippen MR) is 120 cm³/mol. The fourth-order valence-electron chi connectivity index (χ4n) is 4.54. The first-order chi connectivity index (χ1) is 16.2. The Balaban J connectivity index is 1.52. The van der Waals surface area contributed by atoms with Crippen LogP contribution in [0, 0.1) is 29.8 Å². The van der Waals surface area contributed by atoms with Crippen LogP contribution >= 0.6 is 0 Å². The minimum absolute atomic E-state index is 0.0523. The highest BCUT2D eigenvalue weighted by Gasteiger charge is 2.45. The van der Waals surface area contributed by atoms with Crippen LogP contribution in [0.2, 0.25) is 0 Å². The molecule has 1 fully saturated rings. The number of carboxylic acid groups (broad SMARTS) is 1. The lowest BCUT2D eigenvalue weighted by Crippen LogP contribution is -2.50. The van der Waals surface area contributed by atoms with Crippen molar-refractivity contribution in [2.45, 2.75) is 45.7 Å². The third-order valence-corrected chi connectivity index (χ3v) is 6.43. The zero-order valence-corrected chi connectivity index (χ0v) is 18.9. The number of hydrogen-bond acceptors (Lipinski definition) is 5. The molecular formula is C24H26F3N5O2. The Bertz CT molecular complexity index is 1200. The van der Waals surface area contributed by atoms with E-state index in [1.807, 2.05) is 18.7 Å². The number of rotatable bonds is 7. The van der Waals surface area contributed by atoms with Crippen molar-refractivity contribution in [3.8, 4) is 0 Å².